The molecule has 1 aromatic carbocycles. The molecule has 0 radical (unpaired) electrons. The highest BCUT2D eigenvalue weighted by Gasteiger charge is 2.21. The van der Waals surface area contributed by atoms with Crippen molar-refractivity contribution in [2.24, 2.45) is 0 Å². The molecule has 0 spiro atoms. The first kappa shape index (κ1) is 14.6. The van der Waals surface area contributed by atoms with Crippen molar-refractivity contribution in [2.75, 3.05) is 7.11 Å². The van der Waals surface area contributed by atoms with Gasteiger partial charge in [0, 0.05) is 11.2 Å². The maximum Gasteiger partial charge on any atom is 0.351 e. The SMILES string of the molecule is COC(=O)c1sc2cncc(Oc3ccc(Cl)cc3)c2c1O. The number of hydrogen-bond acceptors (Lipinski definition) is 6. The zero-order valence-corrected chi connectivity index (χ0v) is 12.9. The molecule has 1 N–H and O–H groups in total. The van der Waals surface area contributed by atoms with Gasteiger partial charge in [0.2, 0.25) is 0 Å². The Morgan fingerprint density at radius 1 is 1.27 bits per heavy atom. The van der Waals surface area contributed by atoms with E-state index in [-0.39, 0.29) is 10.6 Å². The standard InChI is InChI=1S/C15H10ClNO4S/c1-20-15(19)14-13(18)12-10(6-17-7-11(12)22-14)21-9-4-2-8(16)3-5-9/h2-7,18H,1H3. The van der Waals surface area contributed by atoms with Gasteiger partial charge in [-0.1, -0.05) is 11.6 Å². The molecule has 0 saturated carbocycles. The molecule has 0 unspecified atom stereocenters. The van der Waals surface area contributed by atoms with Crippen LogP contribution in [0.1, 0.15) is 9.67 Å². The van der Waals surface area contributed by atoms with Gasteiger partial charge in [-0.15, -0.1) is 11.3 Å². The van der Waals surface area contributed by atoms with Crippen LogP contribution in [0.4, 0.5) is 0 Å². The first-order valence-electron chi connectivity index (χ1n) is 6.21. The van der Waals surface area contributed by atoms with Crippen molar-refractivity contribution in [1.82, 2.24) is 4.98 Å². The van der Waals surface area contributed by atoms with Gasteiger partial charge < -0.3 is 14.6 Å². The minimum absolute atomic E-state index is 0.117. The van der Waals surface area contributed by atoms with Gasteiger partial charge in [0.25, 0.3) is 0 Å². The number of nitrogens with zero attached hydrogens (tertiary/aromatic N) is 1. The van der Waals surface area contributed by atoms with Crippen LogP contribution in [-0.4, -0.2) is 23.2 Å². The van der Waals surface area contributed by atoms with Gasteiger partial charge in [-0.05, 0) is 24.3 Å². The quantitative estimate of drug-likeness (QED) is 0.725. The van der Waals surface area contributed by atoms with Crippen LogP contribution in [0.25, 0.3) is 10.1 Å². The first-order chi connectivity index (χ1) is 10.6. The number of hydrogen-bond donors (Lipinski definition) is 1. The maximum atomic E-state index is 11.7. The molecule has 22 heavy (non-hydrogen) atoms. The minimum Gasteiger partial charge on any atom is -0.505 e. The van der Waals surface area contributed by atoms with Crippen LogP contribution in [-0.2, 0) is 4.74 Å². The molecule has 3 rings (SSSR count). The van der Waals surface area contributed by atoms with Gasteiger partial charge in [-0.2, -0.15) is 0 Å². The Kier molecular flexibility index (Phi) is 3.87. The maximum absolute atomic E-state index is 11.7. The van der Waals surface area contributed by atoms with Gasteiger partial charge in [-0.3, -0.25) is 4.98 Å². The molecule has 2 aromatic heterocycles. The molecule has 0 saturated heterocycles. The fourth-order valence-corrected chi connectivity index (χ4v) is 3.07. The molecular weight excluding hydrogens is 326 g/mol. The summed E-state index contributed by atoms with van der Waals surface area (Å²) in [6.07, 6.45) is 3.03. The Morgan fingerprint density at radius 3 is 2.68 bits per heavy atom. The number of rotatable bonds is 3. The lowest BCUT2D eigenvalue weighted by atomic mass is 10.2. The number of carbonyl (C=O) groups excluding carboxylic acids is 1. The zero-order chi connectivity index (χ0) is 15.7. The average molecular weight is 336 g/mol. The van der Waals surface area contributed by atoms with Crippen molar-refractivity contribution in [3.8, 4) is 17.2 Å². The van der Waals surface area contributed by atoms with E-state index in [1.807, 2.05) is 0 Å². The van der Waals surface area contributed by atoms with Crippen molar-refractivity contribution in [3.63, 3.8) is 0 Å². The number of pyridine rings is 1. The average Bonchev–Trinajstić information content (AvgIpc) is 2.87. The number of carbonyl (C=O) groups is 1. The summed E-state index contributed by atoms with van der Waals surface area (Å²) in [4.78, 5) is 15.8. The second-order valence-corrected chi connectivity index (χ2v) is 5.83. The predicted molar refractivity (Wildman–Crippen MR) is 84.2 cm³/mol. The first-order valence-corrected chi connectivity index (χ1v) is 7.41. The van der Waals surface area contributed by atoms with E-state index in [4.69, 9.17) is 16.3 Å². The molecule has 7 heteroatoms. The highest BCUT2D eigenvalue weighted by Crippen LogP contribution is 2.43. The van der Waals surface area contributed by atoms with Crippen molar-refractivity contribution in [3.05, 3.63) is 46.6 Å². The fraction of sp³-hybridized carbons (Fsp3) is 0.0667. The molecule has 0 aliphatic heterocycles. The highest BCUT2D eigenvalue weighted by atomic mass is 35.5. The number of thiophene rings is 1. The summed E-state index contributed by atoms with van der Waals surface area (Å²) >= 11 is 6.93. The van der Waals surface area contributed by atoms with Gasteiger partial charge in [0.05, 0.1) is 23.4 Å². The fourth-order valence-electron chi connectivity index (χ4n) is 1.94. The Balaban J connectivity index is 2.08. The van der Waals surface area contributed by atoms with Gasteiger partial charge in [0.15, 0.2) is 16.4 Å². The van der Waals surface area contributed by atoms with E-state index in [2.05, 4.69) is 9.72 Å². The van der Waals surface area contributed by atoms with E-state index in [9.17, 15) is 9.90 Å². The van der Waals surface area contributed by atoms with Crippen molar-refractivity contribution in [1.29, 1.82) is 0 Å². The summed E-state index contributed by atoms with van der Waals surface area (Å²) in [5.41, 5.74) is 0. The lowest BCUT2D eigenvalue weighted by Crippen LogP contribution is -1.97. The van der Waals surface area contributed by atoms with Crippen LogP contribution in [0.15, 0.2) is 36.7 Å². The molecule has 0 fully saturated rings. The van der Waals surface area contributed by atoms with E-state index < -0.39 is 5.97 Å². The van der Waals surface area contributed by atoms with E-state index >= 15 is 0 Å². The van der Waals surface area contributed by atoms with Crippen molar-refractivity contribution >= 4 is 39.0 Å². The second kappa shape index (κ2) is 5.82. The van der Waals surface area contributed by atoms with E-state index in [0.717, 1.165) is 11.3 Å². The summed E-state index contributed by atoms with van der Waals surface area (Å²) in [7, 11) is 1.26. The number of aromatic nitrogens is 1. The molecule has 0 bridgehead atoms. The van der Waals surface area contributed by atoms with Crippen LogP contribution in [0, 0.1) is 0 Å². The largest absolute Gasteiger partial charge is 0.505 e. The van der Waals surface area contributed by atoms with Gasteiger partial charge >= 0.3 is 5.97 Å². The number of halogens is 1. The summed E-state index contributed by atoms with van der Waals surface area (Å²) < 4.78 is 11.0. The summed E-state index contributed by atoms with van der Waals surface area (Å²) in [6.45, 7) is 0. The molecule has 0 aliphatic rings. The monoisotopic (exact) mass is 335 g/mol. The van der Waals surface area contributed by atoms with E-state index in [0.29, 0.717) is 26.6 Å². The van der Waals surface area contributed by atoms with Gasteiger partial charge in [0.1, 0.15) is 5.75 Å². The topological polar surface area (TPSA) is 68.7 Å². The number of esters is 1. The number of ether oxygens (including phenoxy) is 2. The summed E-state index contributed by atoms with van der Waals surface area (Å²) in [5.74, 6) is 0.127. The molecule has 5 nitrogen and oxygen atoms in total. The molecule has 0 atom stereocenters. The lowest BCUT2D eigenvalue weighted by Gasteiger charge is -2.06. The molecular formula is C15H10ClNO4S. The smallest absolute Gasteiger partial charge is 0.351 e. The highest BCUT2D eigenvalue weighted by molar-refractivity contribution is 7.21. The lowest BCUT2D eigenvalue weighted by molar-refractivity contribution is 0.0603. The molecule has 112 valence electrons. The normalized spacial score (nSPS) is 10.6. The Bertz CT molecular complexity index is 845. The Labute approximate surface area is 134 Å². The Hall–Kier alpha value is -2.31. The molecule has 0 amide bonds. The number of benzene rings is 1. The van der Waals surface area contributed by atoms with E-state index in [1.54, 1.807) is 30.5 Å². The number of aromatic hydroxyl groups is 1. The third kappa shape index (κ3) is 2.58. The molecule has 3 aromatic rings. The minimum atomic E-state index is -0.601. The van der Waals surface area contributed by atoms with Crippen LogP contribution in [0.2, 0.25) is 5.02 Å². The third-order valence-electron chi connectivity index (χ3n) is 2.95. The van der Waals surface area contributed by atoms with Crippen molar-refractivity contribution < 1.29 is 19.4 Å². The predicted octanol–water partition coefficient (Wildman–Crippen LogP) is 4.23. The Morgan fingerprint density at radius 2 is 2.00 bits per heavy atom. The van der Waals surface area contributed by atoms with Crippen LogP contribution in [0.5, 0.6) is 17.2 Å². The van der Waals surface area contributed by atoms with E-state index in [1.165, 1.54) is 13.3 Å². The molecule has 2 heterocycles. The second-order valence-electron chi connectivity index (χ2n) is 4.34. The third-order valence-corrected chi connectivity index (χ3v) is 4.30. The van der Waals surface area contributed by atoms with Gasteiger partial charge in [-0.25, -0.2) is 4.79 Å². The van der Waals surface area contributed by atoms with Crippen LogP contribution in [0.3, 0.4) is 0 Å². The zero-order valence-electron chi connectivity index (χ0n) is 11.4. The number of fused-ring (bicyclic) bond motifs is 1. The van der Waals surface area contributed by atoms with Crippen molar-refractivity contribution in [2.45, 2.75) is 0 Å². The summed E-state index contributed by atoms with van der Waals surface area (Å²) in [6, 6.07) is 6.78. The van der Waals surface area contributed by atoms with Crippen LogP contribution < -0.4 is 4.74 Å². The summed E-state index contributed by atoms with van der Waals surface area (Å²) in [5, 5.41) is 11.3. The molecule has 0 aliphatic carbocycles. The number of methoxy groups -OCH3 is 1. The van der Waals surface area contributed by atoms with Crippen LogP contribution >= 0.6 is 22.9 Å².